The molecule has 0 aliphatic carbocycles. The van der Waals surface area contributed by atoms with E-state index >= 15 is 0 Å². The van der Waals surface area contributed by atoms with Gasteiger partial charge in [-0.1, -0.05) is 11.6 Å². The summed E-state index contributed by atoms with van der Waals surface area (Å²) in [5.41, 5.74) is 0. The van der Waals surface area contributed by atoms with E-state index in [1.54, 1.807) is 6.92 Å². The number of halogens is 1. The Hall–Kier alpha value is -0.770. The fourth-order valence-corrected chi connectivity index (χ4v) is 0.398. The summed E-state index contributed by atoms with van der Waals surface area (Å²) in [6.07, 6.45) is 0. The largest absolute Gasteiger partial charge is 0.458 e. The summed E-state index contributed by atoms with van der Waals surface area (Å²) in [4.78, 5) is 20.7. The first kappa shape index (κ1) is 9.23. The van der Waals surface area contributed by atoms with Crippen LogP contribution in [0.2, 0.25) is 0 Å². The van der Waals surface area contributed by atoms with Gasteiger partial charge in [0.05, 0.1) is 6.61 Å². The van der Waals surface area contributed by atoms with E-state index in [-0.39, 0.29) is 12.7 Å². The van der Waals surface area contributed by atoms with Crippen molar-refractivity contribution in [3.8, 4) is 0 Å². The first-order chi connectivity index (χ1) is 4.72. The Morgan fingerprint density at radius 3 is 2.20 bits per heavy atom. The average Bonchev–Trinajstić information content (AvgIpc) is 1.89. The molecule has 0 heterocycles. The summed E-state index contributed by atoms with van der Waals surface area (Å²) in [6, 6.07) is -0.336. The van der Waals surface area contributed by atoms with Crippen molar-refractivity contribution in [2.45, 2.75) is 6.92 Å². The zero-order chi connectivity index (χ0) is 7.98. The molecule has 0 aromatic rings. The maximum Gasteiger partial charge on any atom is 0.418 e. The van der Waals surface area contributed by atoms with Crippen molar-refractivity contribution >= 4 is 23.5 Å². The fourth-order valence-electron chi connectivity index (χ4n) is 0.298. The third-order valence-corrected chi connectivity index (χ3v) is 0.737. The summed E-state index contributed by atoms with van der Waals surface area (Å²) in [5.74, 6) is -2.07. The summed E-state index contributed by atoms with van der Waals surface area (Å²) in [5, 5.41) is 0. The number of hydrogen-bond donors (Lipinski definition) is 0. The predicted octanol–water partition coefficient (Wildman–Crippen LogP) is 0.289. The molecule has 0 aliphatic heterocycles. The molecular formula is C5H7ClO4. The molecular weight excluding hydrogens is 160 g/mol. The third kappa shape index (κ3) is 3.29. The first-order valence-electron chi connectivity index (χ1n) is 2.62. The van der Waals surface area contributed by atoms with Gasteiger partial charge >= 0.3 is 11.9 Å². The number of carbonyl (C=O) groups is 2. The second kappa shape index (κ2) is 5.05. The first-order valence-corrected chi connectivity index (χ1v) is 3.15. The summed E-state index contributed by atoms with van der Waals surface area (Å²) < 4.78 is 8.39. The van der Waals surface area contributed by atoms with Gasteiger partial charge in [0, 0.05) is 0 Å². The number of carbonyl (C=O) groups excluding carboxylic acids is 2. The lowest BCUT2D eigenvalue weighted by atomic mass is 10.7. The molecule has 0 fully saturated rings. The smallest absolute Gasteiger partial charge is 0.418 e. The molecule has 0 atom stereocenters. The van der Waals surface area contributed by atoms with E-state index in [0.29, 0.717) is 0 Å². The van der Waals surface area contributed by atoms with E-state index < -0.39 is 11.9 Å². The van der Waals surface area contributed by atoms with Gasteiger partial charge in [-0.2, -0.15) is 0 Å². The van der Waals surface area contributed by atoms with Crippen LogP contribution in [0.3, 0.4) is 0 Å². The van der Waals surface area contributed by atoms with Crippen LogP contribution in [-0.4, -0.2) is 24.6 Å². The van der Waals surface area contributed by atoms with E-state index in [1.165, 1.54) is 0 Å². The van der Waals surface area contributed by atoms with Crippen LogP contribution in [0.25, 0.3) is 0 Å². The maximum absolute atomic E-state index is 10.4. The van der Waals surface area contributed by atoms with Gasteiger partial charge < -0.3 is 9.47 Å². The van der Waals surface area contributed by atoms with Crippen molar-refractivity contribution in [1.29, 1.82) is 0 Å². The van der Waals surface area contributed by atoms with Crippen molar-refractivity contribution < 1.29 is 19.1 Å². The van der Waals surface area contributed by atoms with Crippen LogP contribution in [0, 0.1) is 0 Å². The van der Waals surface area contributed by atoms with Crippen molar-refractivity contribution in [1.82, 2.24) is 0 Å². The topological polar surface area (TPSA) is 52.6 Å². The quantitative estimate of drug-likeness (QED) is 0.336. The van der Waals surface area contributed by atoms with Gasteiger partial charge in [0.25, 0.3) is 0 Å². The lowest BCUT2D eigenvalue weighted by Gasteiger charge is -1.98. The molecule has 5 heteroatoms. The molecule has 58 valence electrons. The lowest BCUT2D eigenvalue weighted by Crippen LogP contribution is -2.19. The number of hydrogen-bond acceptors (Lipinski definition) is 4. The van der Waals surface area contributed by atoms with Gasteiger partial charge in [-0.25, -0.2) is 9.59 Å². The van der Waals surface area contributed by atoms with Crippen molar-refractivity contribution in [3.05, 3.63) is 0 Å². The van der Waals surface area contributed by atoms with Gasteiger partial charge in [-0.15, -0.1) is 0 Å². The highest BCUT2D eigenvalue weighted by molar-refractivity contribution is 6.30. The van der Waals surface area contributed by atoms with Crippen LogP contribution in [0.15, 0.2) is 0 Å². The monoisotopic (exact) mass is 166 g/mol. The molecule has 0 saturated heterocycles. The standard InChI is InChI=1S/C5H7ClO4/c1-2-9-4(7)5(8)10-3-6/h2-3H2,1H3. The van der Waals surface area contributed by atoms with E-state index in [1.807, 2.05) is 0 Å². The molecule has 4 nitrogen and oxygen atoms in total. The second-order valence-corrected chi connectivity index (χ2v) is 1.48. The highest BCUT2D eigenvalue weighted by Gasteiger charge is 2.15. The normalized spacial score (nSPS) is 8.60. The van der Waals surface area contributed by atoms with Crippen LogP contribution in [0.1, 0.15) is 6.92 Å². The molecule has 0 amide bonds. The van der Waals surface area contributed by atoms with Gasteiger partial charge in [-0.3, -0.25) is 0 Å². The van der Waals surface area contributed by atoms with Crippen LogP contribution in [0.4, 0.5) is 0 Å². The molecule has 0 aromatic heterocycles. The average molecular weight is 167 g/mol. The van der Waals surface area contributed by atoms with Gasteiger partial charge in [0.15, 0.2) is 6.07 Å². The lowest BCUT2D eigenvalue weighted by molar-refractivity contribution is -0.166. The number of alkyl halides is 1. The van der Waals surface area contributed by atoms with Crippen molar-refractivity contribution in [2.75, 3.05) is 12.7 Å². The SMILES string of the molecule is CCOC(=O)C(=O)OCCl. The fraction of sp³-hybridized carbons (Fsp3) is 0.600. The molecule has 0 saturated carbocycles. The molecule has 0 unspecified atom stereocenters. The number of rotatable bonds is 2. The van der Waals surface area contributed by atoms with Gasteiger partial charge in [0.1, 0.15) is 0 Å². The molecule has 0 N–H and O–H groups in total. The Morgan fingerprint density at radius 2 is 1.80 bits per heavy atom. The highest BCUT2D eigenvalue weighted by atomic mass is 35.5. The number of esters is 2. The summed E-state index contributed by atoms with van der Waals surface area (Å²) in [6.45, 7) is 1.74. The Bertz CT molecular complexity index is 118. The zero-order valence-corrected chi connectivity index (χ0v) is 6.18. The summed E-state index contributed by atoms with van der Waals surface area (Å²) >= 11 is 4.99. The third-order valence-electron chi connectivity index (χ3n) is 0.628. The van der Waals surface area contributed by atoms with Gasteiger partial charge in [0.2, 0.25) is 0 Å². The van der Waals surface area contributed by atoms with Crippen molar-refractivity contribution in [2.24, 2.45) is 0 Å². The van der Waals surface area contributed by atoms with Crippen LogP contribution in [-0.2, 0) is 19.1 Å². The molecule has 0 rings (SSSR count). The minimum atomic E-state index is -1.06. The van der Waals surface area contributed by atoms with E-state index in [0.717, 1.165) is 0 Å². The Kier molecular flexibility index (Phi) is 4.66. The molecule has 0 spiro atoms. The Balaban J connectivity index is 3.60. The van der Waals surface area contributed by atoms with Crippen LogP contribution in [0.5, 0.6) is 0 Å². The second-order valence-electron chi connectivity index (χ2n) is 1.26. The van der Waals surface area contributed by atoms with Gasteiger partial charge in [-0.05, 0) is 6.92 Å². The molecule has 0 aromatic carbocycles. The number of ether oxygens (including phenoxy) is 2. The Morgan fingerprint density at radius 1 is 1.30 bits per heavy atom. The van der Waals surface area contributed by atoms with E-state index in [9.17, 15) is 9.59 Å². The maximum atomic E-state index is 10.4. The molecule has 0 aliphatic rings. The summed E-state index contributed by atoms with van der Waals surface area (Å²) in [7, 11) is 0. The van der Waals surface area contributed by atoms with Crippen LogP contribution >= 0.6 is 11.6 Å². The highest BCUT2D eigenvalue weighted by Crippen LogP contribution is 1.85. The van der Waals surface area contributed by atoms with E-state index in [4.69, 9.17) is 11.6 Å². The minimum absolute atomic E-state index is 0.149. The van der Waals surface area contributed by atoms with Crippen molar-refractivity contribution in [3.63, 3.8) is 0 Å². The predicted molar refractivity (Wildman–Crippen MR) is 33.4 cm³/mol. The Labute approximate surface area is 63.1 Å². The molecule has 0 radical (unpaired) electrons. The molecule has 0 bridgehead atoms. The molecule has 10 heavy (non-hydrogen) atoms. The van der Waals surface area contributed by atoms with Crippen LogP contribution < -0.4 is 0 Å². The zero-order valence-electron chi connectivity index (χ0n) is 5.43. The minimum Gasteiger partial charge on any atom is -0.458 e. The van der Waals surface area contributed by atoms with E-state index in [2.05, 4.69) is 9.47 Å².